The molecule has 6 heteroatoms. The van der Waals surface area contributed by atoms with Crippen molar-refractivity contribution in [2.24, 2.45) is 0 Å². The minimum absolute atomic E-state index is 0.147. The second-order valence-corrected chi connectivity index (χ2v) is 8.22. The SMILES string of the molecule is CCN(CC)c1ccnc2ccc(-c3cccc(CN(C)C(=O)c4ccc(F)cc4F)c3)cc12. The highest BCUT2D eigenvalue weighted by Crippen LogP contribution is 2.30. The fraction of sp³-hybridized carbons (Fsp3) is 0.214. The largest absolute Gasteiger partial charge is 0.371 e. The zero-order valence-electron chi connectivity index (χ0n) is 19.6. The van der Waals surface area contributed by atoms with Crippen LogP contribution in [-0.2, 0) is 6.54 Å². The van der Waals surface area contributed by atoms with Crippen LogP contribution in [0.2, 0.25) is 0 Å². The van der Waals surface area contributed by atoms with Crippen LogP contribution in [0.1, 0.15) is 29.8 Å². The summed E-state index contributed by atoms with van der Waals surface area (Å²) < 4.78 is 27.3. The molecular formula is C28H27F2N3O. The van der Waals surface area contributed by atoms with Crippen molar-refractivity contribution in [3.05, 3.63) is 95.7 Å². The number of hydrogen-bond donors (Lipinski definition) is 0. The highest BCUT2D eigenvalue weighted by molar-refractivity contribution is 5.95. The number of hydrogen-bond acceptors (Lipinski definition) is 3. The second kappa shape index (κ2) is 10.00. The summed E-state index contributed by atoms with van der Waals surface area (Å²) in [4.78, 5) is 20.9. The number of amides is 1. The van der Waals surface area contributed by atoms with E-state index in [1.165, 1.54) is 11.0 Å². The number of benzene rings is 3. The van der Waals surface area contributed by atoms with Crippen molar-refractivity contribution in [3.63, 3.8) is 0 Å². The standard InChI is InChI=1S/C28H27F2N3O/c1-4-33(5-2)27-13-14-31-26-12-9-21(16-24(26)27)20-8-6-7-19(15-20)18-32(3)28(34)23-11-10-22(29)17-25(23)30/h6-17H,4-5,18H2,1-3H3. The topological polar surface area (TPSA) is 36.4 Å². The van der Waals surface area contributed by atoms with Crippen molar-refractivity contribution in [3.8, 4) is 11.1 Å². The first-order valence-electron chi connectivity index (χ1n) is 11.3. The molecule has 4 nitrogen and oxygen atoms in total. The summed E-state index contributed by atoms with van der Waals surface area (Å²) in [6.45, 7) is 6.38. The van der Waals surface area contributed by atoms with Gasteiger partial charge in [0.15, 0.2) is 0 Å². The quantitative estimate of drug-likeness (QED) is 0.325. The summed E-state index contributed by atoms with van der Waals surface area (Å²) in [6, 6.07) is 19.2. The minimum Gasteiger partial charge on any atom is -0.371 e. The summed E-state index contributed by atoms with van der Waals surface area (Å²) in [5.41, 5.74) is 4.92. The molecule has 0 aliphatic heterocycles. The van der Waals surface area contributed by atoms with Gasteiger partial charge < -0.3 is 9.80 Å². The van der Waals surface area contributed by atoms with Crippen LogP contribution in [0.3, 0.4) is 0 Å². The van der Waals surface area contributed by atoms with Crippen LogP contribution in [0.25, 0.3) is 22.0 Å². The predicted molar refractivity (Wildman–Crippen MR) is 133 cm³/mol. The van der Waals surface area contributed by atoms with Gasteiger partial charge in [-0.15, -0.1) is 0 Å². The Labute approximate surface area is 198 Å². The number of anilines is 1. The molecule has 3 aromatic carbocycles. The number of pyridine rings is 1. The fourth-order valence-corrected chi connectivity index (χ4v) is 4.21. The van der Waals surface area contributed by atoms with Gasteiger partial charge in [0.25, 0.3) is 5.91 Å². The Morgan fingerprint density at radius 3 is 2.41 bits per heavy atom. The number of fused-ring (bicyclic) bond motifs is 1. The summed E-state index contributed by atoms with van der Waals surface area (Å²) in [6.07, 6.45) is 1.84. The second-order valence-electron chi connectivity index (χ2n) is 8.22. The third kappa shape index (κ3) is 4.76. The Morgan fingerprint density at radius 2 is 1.68 bits per heavy atom. The van der Waals surface area contributed by atoms with Crippen molar-refractivity contribution >= 4 is 22.5 Å². The Kier molecular flexibility index (Phi) is 6.87. The first-order chi connectivity index (χ1) is 16.4. The lowest BCUT2D eigenvalue weighted by Gasteiger charge is -2.23. The maximum absolute atomic E-state index is 14.1. The van der Waals surface area contributed by atoms with Crippen molar-refractivity contribution < 1.29 is 13.6 Å². The Morgan fingerprint density at radius 1 is 0.912 bits per heavy atom. The predicted octanol–water partition coefficient (Wildman–Crippen LogP) is 6.30. The molecule has 1 aromatic heterocycles. The summed E-state index contributed by atoms with van der Waals surface area (Å²) in [5, 5.41) is 1.09. The van der Waals surface area contributed by atoms with Crippen LogP contribution < -0.4 is 4.90 Å². The van der Waals surface area contributed by atoms with Gasteiger partial charge in [-0.25, -0.2) is 8.78 Å². The smallest absolute Gasteiger partial charge is 0.256 e. The number of carbonyl (C=O) groups excluding carboxylic acids is 1. The minimum atomic E-state index is -0.862. The first-order valence-corrected chi connectivity index (χ1v) is 11.3. The van der Waals surface area contributed by atoms with Gasteiger partial charge in [0.1, 0.15) is 11.6 Å². The molecule has 0 radical (unpaired) electrons. The van der Waals surface area contributed by atoms with Gasteiger partial charge in [0, 0.05) is 50.0 Å². The molecule has 0 fully saturated rings. The molecule has 0 N–H and O–H groups in total. The molecule has 0 aliphatic carbocycles. The molecule has 0 bridgehead atoms. The molecule has 34 heavy (non-hydrogen) atoms. The number of carbonyl (C=O) groups is 1. The van der Waals surface area contributed by atoms with E-state index in [1.807, 2.05) is 48.7 Å². The first kappa shape index (κ1) is 23.4. The lowest BCUT2D eigenvalue weighted by Crippen LogP contribution is -2.27. The van der Waals surface area contributed by atoms with E-state index in [0.717, 1.165) is 58.5 Å². The van der Waals surface area contributed by atoms with Gasteiger partial charge in [-0.3, -0.25) is 9.78 Å². The van der Waals surface area contributed by atoms with E-state index in [9.17, 15) is 13.6 Å². The molecule has 0 spiro atoms. The van der Waals surface area contributed by atoms with E-state index in [2.05, 4.69) is 29.8 Å². The maximum atomic E-state index is 14.1. The highest BCUT2D eigenvalue weighted by Gasteiger charge is 2.17. The van der Waals surface area contributed by atoms with E-state index in [0.29, 0.717) is 6.54 Å². The Hall–Kier alpha value is -3.80. The molecule has 0 aliphatic rings. The molecule has 1 heterocycles. The van der Waals surface area contributed by atoms with Gasteiger partial charge >= 0.3 is 0 Å². The molecule has 0 saturated carbocycles. The molecule has 174 valence electrons. The number of rotatable bonds is 7. The van der Waals surface area contributed by atoms with E-state index >= 15 is 0 Å². The number of aromatic nitrogens is 1. The van der Waals surface area contributed by atoms with Crippen LogP contribution in [0.4, 0.5) is 14.5 Å². The average molecular weight is 460 g/mol. The van der Waals surface area contributed by atoms with Gasteiger partial charge in [-0.1, -0.05) is 24.3 Å². The maximum Gasteiger partial charge on any atom is 0.256 e. The van der Waals surface area contributed by atoms with E-state index in [1.54, 1.807) is 7.05 Å². The zero-order chi connectivity index (χ0) is 24.2. The van der Waals surface area contributed by atoms with Gasteiger partial charge in [0.2, 0.25) is 0 Å². The third-order valence-electron chi connectivity index (χ3n) is 6.01. The van der Waals surface area contributed by atoms with Crippen molar-refractivity contribution in [1.82, 2.24) is 9.88 Å². The lowest BCUT2D eigenvalue weighted by atomic mass is 10.00. The molecule has 4 rings (SSSR count). The van der Waals surface area contributed by atoms with E-state index in [4.69, 9.17) is 0 Å². The van der Waals surface area contributed by atoms with Crippen molar-refractivity contribution in [1.29, 1.82) is 0 Å². The molecule has 0 unspecified atom stereocenters. The Bertz CT molecular complexity index is 1330. The normalized spacial score (nSPS) is 11.0. The molecule has 4 aromatic rings. The van der Waals surface area contributed by atoms with Crippen molar-refractivity contribution in [2.75, 3.05) is 25.0 Å². The average Bonchev–Trinajstić information content (AvgIpc) is 2.84. The van der Waals surface area contributed by atoms with Crippen LogP contribution in [-0.4, -0.2) is 35.9 Å². The van der Waals surface area contributed by atoms with Crippen LogP contribution >= 0.6 is 0 Å². The van der Waals surface area contributed by atoms with E-state index in [-0.39, 0.29) is 5.56 Å². The van der Waals surface area contributed by atoms with Gasteiger partial charge in [-0.05, 0) is 66.9 Å². The molecule has 0 atom stereocenters. The summed E-state index contributed by atoms with van der Waals surface area (Å²) in [7, 11) is 1.61. The Balaban J connectivity index is 1.62. The summed E-state index contributed by atoms with van der Waals surface area (Å²) in [5.74, 6) is -2.07. The monoisotopic (exact) mass is 459 g/mol. The summed E-state index contributed by atoms with van der Waals surface area (Å²) >= 11 is 0. The van der Waals surface area contributed by atoms with Crippen molar-refractivity contribution in [2.45, 2.75) is 20.4 Å². The number of halogens is 2. The molecular weight excluding hydrogens is 432 g/mol. The number of nitrogens with zero attached hydrogens (tertiary/aromatic N) is 3. The lowest BCUT2D eigenvalue weighted by molar-refractivity contribution is 0.0780. The molecule has 1 amide bonds. The zero-order valence-corrected chi connectivity index (χ0v) is 19.6. The fourth-order valence-electron chi connectivity index (χ4n) is 4.21. The van der Waals surface area contributed by atoms with Crippen LogP contribution in [0, 0.1) is 11.6 Å². The third-order valence-corrected chi connectivity index (χ3v) is 6.01. The van der Waals surface area contributed by atoms with E-state index < -0.39 is 17.5 Å². The van der Waals surface area contributed by atoms with Crippen LogP contribution in [0.15, 0.2) is 72.9 Å². The van der Waals surface area contributed by atoms with Crippen LogP contribution in [0.5, 0.6) is 0 Å². The molecule has 0 saturated heterocycles. The van der Waals surface area contributed by atoms with Gasteiger partial charge in [-0.2, -0.15) is 0 Å². The highest BCUT2D eigenvalue weighted by atomic mass is 19.1. The van der Waals surface area contributed by atoms with Gasteiger partial charge in [0.05, 0.1) is 11.1 Å².